The lowest BCUT2D eigenvalue weighted by Crippen LogP contribution is -2.34. The Balaban J connectivity index is 1.99. The number of rotatable bonds is 6. The van der Waals surface area contributed by atoms with Crippen molar-refractivity contribution >= 4 is 28.9 Å². The summed E-state index contributed by atoms with van der Waals surface area (Å²) in [6.07, 6.45) is 0. The topological polar surface area (TPSA) is 50.4 Å². The lowest BCUT2D eigenvalue weighted by Gasteiger charge is -2.15. The van der Waals surface area contributed by atoms with E-state index in [0.29, 0.717) is 29.8 Å². The van der Waals surface area contributed by atoms with Crippen LogP contribution in [0.5, 0.6) is 5.75 Å². The van der Waals surface area contributed by atoms with Gasteiger partial charge in [0.1, 0.15) is 5.75 Å². The van der Waals surface area contributed by atoms with E-state index in [0.717, 1.165) is 5.69 Å². The van der Waals surface area contributed by atoms with Gasteiger partial charge >= 0.3 is 0 Å². The van der Waals surface area contributed by atoms with Gasteiger partial charge in [-0.2, -0.15) is 0 Å². The number of anilines is 1. The first-order valence-corrected chi connectivity index (χ1v) is 9.21. The number of thiocarbonyl (C=S) groups is 1. The molecule has 0 aromatic heterocycles. The van der Waals surface area contributed by atoms with Crippen molar-refractivity contribution in [1.82, 2.24) is 5.32 Å². The zero-order valence-electron chi connectivity index (χ0n) is 15.7. The molecule has 0 fully saturated rings. The van der Waals surface area contributed by atoms with Gasteiger partial charge in [0.2, 0.25) is 0 Å². The monoisotopic (exact) mass is 370 g/mol. The Morgan fingerprint density at radius 2 is 1.69 bits per heavy atom. The van der Waals surface area contributed by atoms with E-state index in [1.807, 2.05) is 48.5 Å². The molecule has 0 unspecified atom stereocenters. The van der Waals surface area contributed by atoms with Crippen LogP contribution in [-0.4, -0.2) is 17.6 Å². The molecule has 0 saturated carbocycles. The second-order valence-electron chi connectivity index (χ2n) is 6.89. The van der Waals surface area contributed by atoms with Crippen LogP contribution >= 0.6 is 12.2 Å². The second-order valence-corrected chi connectivity index (χ2v) is 7.29. The van der Waals surface area contributed by atoms with E-state index < -0.39 is 0 Å². The summed E-state index contributed by atoms with van der Waals surface area (Å²) in [5.41, 5.74) is 2.50. The summed E-state index contributed by atoms with van der Waals surface area (Å²) in [7, 11) is 0. The molecule has 2 aromatic rings. The van der Waals surface area contributed by atoms with Crippen molar-refractivity contribution in [2.45, 2.75) is 33.6 Å². The van der Waals surface area contributed by atoms with Crippen molar-refractivity contribution in [2.24, 2.45) is 5.92 Å². The van der Waals surface area contributed by atoms with Crippen LogP contribution < -0.4 is 15.4 Å². The lowest BCUT2D eigenvalue weighted by atomic mass is 10.0. The number of amides is 1. The third kappa shape index (κ3) is 5.85. The van der Waals surface area contributed by atoms with Gasteiger partial charge in [0, 0.05) is 5.56 Å². The molecule has 1 amide bonds. The van der Waals surface area contributed by atoms with Crippen LogP contribution in [0.1, 0.15) is 49.5 Å². The van der Waals surface area contributed by atoms with Gasteiger partial charge in [0.25, 0.3) is 5.91 Å². The zero-order chi connectivity index (χ0) is 19.1. The van der Waals surface area contributed by atoms with E-state index in [-0.39, 0.29) is 11.0 Å². The van der Waals surface area contributed by atoms with Gasteiger partial charge in [0.05, 0.1) is 12.3 Å². The Morgan fingerprint density at radius 3 is 2.31 bits per heavy atom. The van der Waals surface area contributed by atoms with Crippen LogP contribution in [0, 0.1) is 5.92 Å². The van der Waals surface area contributed by atoms with Crippen LogP contribution in [0.15, 0.2) is 48.5 Å². The molecule has 0 saturated heterocycles. The summed E-state index contributed by atoms with van der Waals surface area (Å²) >= 11 is 5.28. The highest BCUT2D eigenvalue weighted by molar-refractivity contribution is 7.80. The molecule has 0 heterocycles. The van der Waals surface area contributed by atoms with E-state index in [4.69, 9.17) is 17.0 Å². The highest BCUT2D eigenvalue weighted by Gasteiger charge is 2.11. The molecule has 0 atom stereocenters. The molecule has 138 valence electrons. The molecule has 2 rings (SSSR count). The first kappa shape index (κ1) is 19.9. The molecular weight excluding hydrogens is 344 g/mol. The predicted molar refractivity (Wildman–Crippen MR) is 111 cm³/mol. The maximum absolute atomic E-state index is 12.4. The molecule has 0 radical (unpaired) electrons. The Kier molecular flexibility index (Phi) is 7.16. The number of hydrogen-bond acceptors (Lipinski definition) is 3. The molecule has 0 bridgehead atoms. The maximum Gasteiger partial charge on any atom is 0.257 e. The van der Waals surface area contributed by atoms with Crippen molar-refractivity contribution in [3.05, 3.63) is 59.7 Å². The third-order valence-corrected chi connectivity index (χ3v) is 3.98. The highest BCUT2D eigenvalue weighted by atomic mass is 32.1. The molecule has 4 nitrogen and oxygen atoms in total. The van der Waals surface area contributed by atoms with E-state index in [2.05, 4.69) is 38.3 Å². The summed E-state index contributed by atoms with van der Waals surface area (Å²) in [5.74, 6) is 1.32. The van der Waals surface area contributed by atoms with Gasteiger partial charge < -0.3 is 10.1 Å². The number of nitrogens with one attached hydrogen (secondary N) is 2. The van der Waals surface area contributed by atoms with Gasteiger partial charge in [-0.1, -0.05) is 52.0 Å². The number of ether oxygens (including phenoxy) is 1. The smallest absolute Gasteiger partial charge is 0.257 e. The number of carbonyl (C=O) groups is 1. The van der Waals surface area contributed by atoms with Gasteiger partial charge in [0.15, 0.2) is 5.11 Å². The summed E-state index contributed by atoms with van der Waals surface area (Å²) in [6, 6.07) is 15.1. The molecule has 0 spiro atoms. The Bertz CT molecular complexity index is 755. The maximum atomic E-state index is 12.4. The highest BCUT2D eigenvalue weighted by Crippen LogP contribution is 2.24. The largest absolute Gasteiger partial charge is 0.491 e. The number of hydrogen-bond donors (Lipinski definition) is 2. The van der Waals surface area contributed by atoms with Crippen LogP contribution in [0.3, 0.4) is 0 Å². The molecule has 0 aliphatic heterocycles. The van der Waals surface area contributed by atoms with Crippen molar-refractivity contribution in [2.75, 3.05) is 11.9 Å². The number of carbonyl (C=O) groups excluding carboxylic acids is 1. The minimum atomic E-state index is -0.238. The lowest BCUT2D eigenvalue weighted by molar-refractivity contribution is 0.0977. The molecule has 2 N–H and O–H groups in total. The molecular formula is C21H26N2O2S. The van der Waals surface area contributed by atoms with Crippen molar-refractivity contribution in [1.29, 1.82) is 0 Å². The molecule has 5 heteroatoms. The SMILES string of the molecule is CC(C)COc1ccccc1NC(=S)NC(=O)c1ccc(C(C)C)cc1. The average molecular weight is 371 g/mol. The fourth-order valence-electron chi connectivity index (χ4n) is 2.30. The van der Waals surface area contributed by atoms with Crippen LogP contribution in [0.2, 0.25) is 0 Å². The standard InChI is InChI=1S/C21H26N2O2S/c1-14(2)13-25-19-8-6-5-7-18(19)22-21(26)23-20(24)17-11-9-16(10-12-17)15(3)4/h5-12,14-15H,13H2,1-4H3,(H2,22,23,24,26). The fraction of sp³-hybridized carbons (Fsp3) is 0.333. The third-order valence-electron chi connectivity index (χ3n) is 3.77. The normalized spacial score (nSPS) is 10.7. The van der Waals surface area contributed by atoms with E-state index in [9.17, 15) is 4.79 Å². The van der Waals surface area contributed by atoms with Crippen LogP contribution in [0.4, 0.5) is 5.69 Å². The molecule has 0 aliphatic carbocycles. The van der Waals surface area contributed by atoms with E-state index in [1.54, 1.807) is 0 Å². The quantitative estimate of drug-likeness (QED) is 0.705. The van der Waals surface area contributed by atoms with Crippen LogP contribution in [-0.2, 0) is 0 Å². The van der Waals surface area contributed by atoms with E-state index in [1.165, 1.54) is 5.56 Å². The van der Waals surface area contributed by atoms with Gasteiger partial charge in [-0.15, -0.1) is 0 Å². The summed E-state index contributed by atoms with van der Waals surface area (Å²) in [4.78, 5) is 12.4. The predicted octanol–water partition coefficient (Wildman–Crippen LogP) is 4.97. The summed E-state index contributed by atoms with van der Waals surface area (Å²) in [6.45, 7) is 9.02. The second kappa shape index (κ2) is 9.34. The van der Waals surface area contributed by atoms with E-state index >= 15 is 0 Å². The number of para-hydroxylation sites is 2. The summed E-state index contributed by atoms with van der Waals surface area (Å²) < 4.78 is 5.79. The fourth-order valence-corrected chi connectivity index (χ4v) is 2.50. The Hall–Kier alpha value is -2.40. The van der Waals surface area contributed by atoms with Gasteiger partial charge in [-0.25, -0.2) is 0 Å². The molecule has 2 aromatic carbocycles. The molecule has 26 heavy (non-hydrogen) atoms. The molecule has 0 aliphatic rings. The van der Waals surface area contributed by atoms with Gasteiger partial charge in [-0.05, 0) is 53.9 Å². The number of benzene rings is 2. The van der Waals surface area contributed by atoms with Crippen molar-refractivity contribution < 1.29 is 9.53 Å². The van der Waals surface area contributed by atoms with Crippen molar-refractivity contribution in [3.8, 4) is 5.75 Å². The average Bonchev–Trinajstić information content (AvgIpc) is 2.60. The Labute approximate surface area is 161 Å². The zero-order valence-corrected chi connectivity index (χ0v) is 16.5. The summed E-state index contributed by atoms with van der Waals surface area (Å²) in [5, 5.41) is 5.99. The minimum absolute atomic E-state index is 0.238. The first-order chi connectivity index (χ1) is 12.4. The minimum Gasteiger partial charge on any atom is -0.491 e. The first-order valence-electron chi connectivity index (χ1n) is 8.81. The van der Waals surface area contributed by atoms with Gasteiger partial charge in [-0.3, -0.25) is 10.1 Å². The Morgan fingerprint density at radius 1 is 1.04 bits per heavy atom. The van der Waals surface area contributed by atoms with Crippen molar-refractivity contribution in [3.63, 3.8) is 0 Å². The van der Waals surface area contributed by atoms with Crippen LogP contribution in [0.25, 0.3) is 0 Å².